The zero-order valence-electron chi connectivity index (χ0n) is 12.3. The third-order valence-corrected chi connectivity index (χ3v) is 2.42. The summed E-state index contributed by atoms with van der Waals surface area (Å²) in [5.74, 6) is -0.243. The molecule has 10 N–H and O–H groups in total. The van der Waals surface area contributed by atoms with Gasteiger partial charge in [-0.05, 0) is 32.0 Å². The molecule has 0 saturated carbocycles. The van der Waals surface area contributed by atoms with Gasteiger partial charge in [0.25, 0.3) is 0 Å². The number of nitrogens with two attached hydrogens (primary N) is 5. The Morgan fingerprint density at radius 1 is 0.727 bits per heavy atom. The highest BCUT2D eigenvalue weighted by Crippen LogP contribution is 2.14. The van der Waals surface area contributed by atoms with Crippen LogP contribution in [0.2, 0.25) is 0 Å². The SMILES string of the molecule is C/C(=N\N=C(N)N)c1cc(N)cc(/C(C)=N/N=C(N)N)c1.Cl. The van der Waals surface area contributed by atoms with Crippen LogP contribution in [0.5, 0.6) is 0 Å². The van der Waals surface area contributed by atoms with Gasteiger partial charge in [0.15, 0.2) is 0 Å². The number of halogens is 1. The summed E-state index contributed by atoms with van der Waals surface area (Å²) >= 11 is 0. The summed E-state index contributed by atoms with van der Waals surface area (Å²) in [7, 11) is 0. The standard InChI is InChI=1S/C12H19N9.ClH/c1-6(18-20-11(14)15)8-3-9(5-10(13)4-8)7(2)19-21-12(16)17;/h3-5H,13H2,1-2H3,(H4,14,15,20)(H4,16,17,21);1H/b18-6+,19-7+;. The van der Waals surface area contributed by atoms with E-state index in [4.69, 9.17) is 28.7 Å². The van der Waals surface area contributed by atoms with Gasteiger partial charge in [0.05, 0.1) is 11.4 Å². The first-order chi connectivity index (χ1) is 9.79. The van der Waals surface area contributed by atoms with E-state index in [1.165, 1.54) is 0 Å². The molecule has 22 heavy (non-hydrogen) atoms. The maximum Gasteiger partial charge on any atom is 0.211 e. The van der Waals surface area contributed by atoms with Crippen molar-refractivity contribution in [1.82, 2.24) is 0 Å². The quantitative estimate of drug-likeness (QED) is 0.220. The van der Waals surface area contributed by atoms with Crippen LogP contribution in [-0.4, -0.2) is 23.3 Å². The van der Waals surface area contributed by atoms with E-state index in [1.54, 1.807) is 26.0 Å². The van der Waals surface area contributed by atoms with Gasteiger partial charge in [-0.3, -0.25) is 0 Å². The van der Waals surface area contributed by atoms with E-state index in [9.17, 15) is 0 Å². The van der Waals surface area contributed by atoms with Gasteiger partial charge in [-0.2, -0.15) is 10.2 Å². The van der Waals surface area contributed by atoms with Gasteiger partial charge in [-0.25, -0.2) is 0 Å². The molecule has 10 heteroatoms. The van der Waals surface area contributed by atoms with Gasteiger partial charge >= 0.3 is 0 Å². The number of anilines is 1. The molecular weight excluding hydrogens is 306 g/mol. The van der Waals surface area contributed by atoms with E-state index in [-0.39, 0.29) is 24.3 Å². The fourth-order valence-electron chi connectivity index (χ4n) is 1.45. The third kappa shape index (κ3) is 6.09. The molecule has 0 spiro atoms. The van der Waals surface area contributed by atoms with Crippen LogP contribution in [0.1, 0.15) is 25.0 Å². The number of guanidine groups is 2. The molecule has 0 saturated heterocycles. The second-order valence-corrected chi connectivity index (χ2v) is 4.26. The molecule has 0 amide bonds. The molecule has 1 aromatic carbocycles. The summed E-state index contributed by atoms with van der Waals surface area (Å²) in [6.07, 6.45) is 0. The second kappa shape index (κ2) is 8.47. The Kier molecular flexibility index (Phi) is 7.39. The van der Waals surface area contributed by atoms with Crippen LogP contribution in [0.4, 0.5) is 5.69 Å². The summed E-state index contributed by atoms with van der Waals surface area (Å²) in [5.41, 5.74) is 30.1. The van der Waals surface area contributed by atoms with Crippen LogP contribution in [-0.2, 0) is 0 Å². The largest absolute Gasteiger partial charge is 0.399 e. The van der Waals surface area contributed by atoms with E-state index in [2.05, 4.69) is 20.4 Å². The minimum Gasteiger partial charge on any atom is -0.399 e. The van der Waals surface area contributed by atoms with Gasteiger partial charge in [0.1, 0.15) is 0 Å². The predicted molar refractivity (Wildman–Crippen MR) is 94.1 cm³/mol. The molecule has 9 nitrogen and oxygen atoms in total. The first-order valence-electron chi connectivity index (χ1n) is 5.97. The van der Waals surface area contributed by atoms with Crippen molar-refractivity contribution in [2.24, 2.45) is 43.3 Å². The van der Waals surface area contributed by atoms with Crippen LogP contribution in [0, 0.1) is 0 Å². The average Bonchev–Trinajstić information content (AvgIpc) is 2.41. The lowest BCUT2D eigenvalue weighted by atomic mass is 10.0. The number of hydrogen-bond acceptors (Lipinski definition) is 5. The smallest absolute Gasteiger partial charge is 0.211 e. The van der Waals surface area contributed by atoms with Crippen molar-refractivity contribution in [2.45, 2.75) is 13.8 Å². The van der Waals surface area contributed by atoms with Gasteiger partial charge < -0.3 is 28.7 Å². The fraction of sp³-hybridized carbons (Fsp3) is 0.167. The molecule has 0 bridgehead atoms. The van der Waals surface area contributed by atoms with Gasteiger partial charge in [-0.15, -0.1) is 22.6 Å². The molecule has 0 aromatic heterocycles. The molecule has 0 atom stereocenters. The Labute approximate surface area is 134 Å². The lowest BCUT2D eigenvalue weighted by molar-refractivity contribution is 1.19. The van der Waals surface area contributed by atoms with Crippen molar-refractivity contribution < 1.29 is 0 Å². The van der Waals surface area contributed by atoms with Crippen molar-refractivity contribution in [3.05, 3.63) is 29.3 Å². The Morgan fingerprint density at radius 3 is 1.41 bits per heavy atom. The molecule has 1 rings (SSSR count). The number of hydrogen-bond donors (Lipinski definition) is 5. The zero-order valence-corrected chi connectivity index (χ0v) is 13.1. The van der Waals surface area contributed by atoms with Crippen LogP contribution in [0.15, 0.2) is 38.6 Å². The average molecular weight is 326 g/mol. The molecule has 120 valence electrons. The van der Waals surface area contributed by atoms with Gasteiger partial charge in [0.2, 0.25) is 11.9 Å². The van der Waals surface area contributed by atoms with E-state index in [1.807, 2.05) is 6.07 Å². The minimum absolute atomic E-state index is 0. The highest BCUT2D eigenvalue weighted by atomic mass is 35.5. The highest BCUT2D eigenvalue weighted by Gasteiger charge is 2.05. The predicted octanol–water partition coefficient (Wildman–Crippen LogP) is -0.315. The number of rotatable bonds is 4. The summed E-state index contributed by atoms with van der Waals surface area (Å²) < 4.78 is 0. The first kappa shape index (κ1) is 19.2. The topological polar surface area (TPSA) is 180 Å². The molecule has 0 fully saturated rings. The van der Waals surface area contributed by atoms with Crippen molar-refractivity contribution in [2.75, 3.05) is 5.73 Å². The Balaban J connectivity index is 0.00000441. The van der Waals surface area contributed by atoms with Crippen molar-refractivity contribution in [3.8, 4) is 0 Å². The summed E-state index contributed by atoms with van der Waals surface area (Å²) in [5, 5.41) is 15.0. The first-order valence-corrected chi connectivity index (χ1v) is 5.97. The van der Waals surface area contributed by atoms with E-state index >= 15 is 0 Å². The third-order valence-electron chi connectivity index (χ3n) is 2.42. The van der Waals surface area contributed by atoms with E-state index in [0.29, 0.717) is 17.1 Å². The highest BCUT2D eigenvalue weighted by molar-refractivity contribution is 6.05. The van der Waals surface area contributed by atoms with Gasteiger partial charge in [0, 0.05) is 16.8 Å². The molecule has 0 aliphatic carbocycles. The molecule has 0 radical (unpaired) electrons. The van der Waals surface area contributed by atoms with Crippen LogP contribution >= 0.6 is 12.4 Å². The molecule has 1 aromatic rings. The normalized spacial score (nSPS) is 11.4. The summed E-state index contributed by atoms with van der Waals surface area (Å²) in [6, 6.07) is 5.33. The molecule has 0 unspecified atom stereocenters. The van der Waals surface area contributed by atoms with Crippen LogP contribution in [0.3, 0.4) is 0 Å². The molecule has 0 aliphatic heterocycles. The maximum atomic E-state index is 5.87. The zero-order chi connectivity index (χ0) is 16.0. The van der Waals surface area contributed by atoms with E-state index < -0.39 is 0 Å². The van der Waals surface area contributed by atoms with Crippen LogP contribution in [0.25, 0.3) is 0 Å². The monoisotopic (exact) mass is 325 g/mol. The Bertz CT molecular complexity index is 586. The molecule has 0 aliphatic rings. The number of nitrogens with zero attached hydrogens (tertiary/aromatic N) is 4. The maximum absolute atomic E-state index is 5.87. The Hall–Kier alpha value is -2.81. The second-order valence-electron chi connectivity index (χ2n) is 4.26. The Morgan fingerprint density at radius 2 is 1.09 bits per heavy atom. The minimum atomic E-state index is -0.121. The lowest BCUT2D eigenvalue weighted by Crippen LogP contribution is -2.22. The number of benzene rings is 1. The van der Waals surface area contributed by atoms with Gasteiger partial charge in [-0.1, -0.05) is 0 Å². The summed E-state index contributed by atoms with van der Waals surface area (Å²) in [6.45, 7) is 3.51. The van der Waals surface area contributed by atoms with Crippen molar-refractivity contribution in [3.63, 3.8) is 0 Å². The van der Waals surface area contributed by atoms with Crippen LogP contribution < -0.4 is 28.7 Å². The van der Waals surface area contributed by atoms with Crippen molar-refractivity contribution >= 4 is 41.4 Å². The molecule has 0 heterocycles. The fourth-order valence-corrected chi connectivity index (χ4v) is 1.45. The number of nitrogen functional groups attached to an aromatic ring is 1. The summed E-state index contributed by atoms with van der Waals surface area (Å²) in [4.78, 5) is 0. The molecular formula is C12H20ClN9. The van der Waals surface area contributed by atoms with Crippen molar-refractivity contribution in [1.29, 1.82) is 0 Å². The van der Waals surface area contributed by atoms with E-state index in [0.717, 1.165) is 11.1 Å². The lowest BCUT2D eigenvalue weighted by Gasteiger charge is -2.06.